The lowest BCUT2D eigenvalue weighted by Gasteiger charge is -2.06. The summed E-state index contributed by atoms with van der Waals surface area (Å²) in [4.78, 5) is 4.44. The van der Waals surface area contributed by atoms with Gasteiger partial charge in [-0.25, -0.2) is 4.39 Å². The molecule has 0 saturated heterocycles. The molecule has 0 radical (unpaired) electrons. The lowest BCUT2D eigenvalue weighted by molar-refractivity contribution is 0.628. The fourth-order valence-electron chi connectivity index (χ4n) is 2.86. The van der Waals surface area contributed by atoms with Crippen molar-refractivity contribution in [2.45, 2.75) is 6.42 Å². The number of nitrogens with one attached hydrogen (secondary N) is 1. The highest BCUT2D eigenvalue weighted by atomic mass is 35.5. The SMILES string of the molecule is Nc1oc2c(Cc3ccccc3)nccc2c1Nc1ccc(F)c(Cl)c1. The van der Waals surface area contributed by atoms with Crippen molar-refractivity contribution in [3.8, 4) is 0 Å². The van der Waals surface area contributed by atoms with Gasteiger partial charge in [0.15, 0.2) is 5.58 Å². The molecule has 0 saturated carbocycles. The Balaban J connectivity index is 1.73. The van der Waals surface area contributed by atoms with Crippen LogP contribution in [0.5, 0.6) is 0 Å². The molecule has 0 bridgehead atoms. The molecule has 4 nitrogen and oxygen atoms in total. The number of benzene rings is 2. The minimum atomic E-state index is -0.475. The van der Waals surface area contributed by atoms with E-state index in [1.54, 1.807) is 12.3 Å². The number of pyridine rings is 1. The summed E-state index contributed by atoms with van der Waals surface area (Å²) in [5.41, 5.74) is 9.85. The Morgan fingerprint density at radius 3 is 2.69 bits per heavy atom. The van der Waals surface area contributed by atoms with E-state index in [2.05, 4.69) is 10.3 Å². The number of furan rings is 1. The summed E-state index contributed by atoms with van der Waals surface area (Å²) in [6.45, 7) is 0. The van der Waals surface area contributed by atoms with Crippen LogP contribution in [-0.4, -0.2) is 4.98 Å². The Morgan fingerprint density at radius 2 is 1.92 bits per heavy atom. The number of anilines is 3. The van der Waals surface area contributed by atoms with Crippen LogP contribution in [0.4, 0.5) is 21.6 Å². The van der Waals surface area contributed by atoms with Crippen LogP contribution in [0.1, 0.15) is 11.3 Å². The Kier molecular flexibility index (Phi) is 4.22. The maximum Gasteiger partial charge on any atom is 0.215 e. The van der Waals surface area contributed by atoms with Gasteiger partial charge in [0, 0.05) is 23.7 Å². The van der Waals surface area contributed by atoms with Gasteiger partial charge in [0.2, 0.25) is 5.88 Å². The number of nitrogens with zero attached hydrogens (tertiary/aromatic N) is 1. The van der Waals surface area contributed by atoms with Crippen LogP contribution in [-0.2, 0) is 6.42 Å². The third-order valence-corrected chi connectivity index (χ3v) is 4.40. The van der Waals surface area contributed by atoms with Gasteiger partial charge in [0.05, 0.1) is 10.7 Å². The molecule has 0 atom stereocenters. The monoisotopic (exact) mass is 367 g/mol. The smallest absolute Gasteiger partial charge is 0.215 e. The Morgan fingerprint density at radius 1 is 1.12 bits per heavy atom. The second kappa shape index (κ2) is 6.69. The van der Waals surface area contributed by atoms with Crippen LogP contribution in [0.25, 0.3) is 11.0 Å². The number of nitrogens with two attached hydrogens (primary N) is 1. The normalized spacial score (nSPS) is 11.0. The molecular formula is C20H15ClFN3O. The number of halogens is 2. The van der Waals surface area contributed by atoms with Crippen LogP contribution in [0.3, 0.4) is 0 Å². The summed E-state index contributed by atoms with van der Waals surface area (Å²) in [5.74, 6) is -0.237. The van der Waals surface area contributed by atoms with Gasteiger partial charge in [0.25, 0.3) is 0 Å². The molecule has 26 heavy (non-hydrogen) atoms. The fraction of sp³-hybridized carbons (Fsp3) is 0.0500. The molecule has 0 spiro atoms. The molecule has 3 N–H and O–H groups in total. The topological polar surface area (TPSA) is 64.1 Å². The number of aromatic nitrogens is 1. The lowest BCUT2D eigenvalue weighted by atomic mass is 10.1. The number of rotatable bonds is 4. The second-order valence-electron chi connectivity index (χ2n) is 5.89. The first kappa shape index (κ1) is 16.4. The van der Waals surface area contributed by atoms with Gasteiger partial charge in [-0.05, 0) is 29.8 Å². The van der Waals surface area contributed by atoms with Gasteiger partial charge >= 0.3 is 0 Å². The molecule has 0 fully saturated rings. The maximum atomic E-state index is 13.4. The first-order valence-corrected chi connectivity index (χ1v) is 8.41. The third kappa shape index (κ3) is 3.09. The van der Waals surface area contributed by atoms with Crippen LogP contribution in [0, 0.1) is 5.82 Å². The zero-order chi connectivity index (χ0) is 18.1. The van der Waals surface area contributed by atoms with E-state index in [4.69, 9.17) is 21.8 Å². The molecule has 2 aromatic carbocycles. The van der Waals surface area contributed by atoms with Crippen molar-refractivity contribution < 1.29 is 8.81 Å². The highest BCUT2D eigenvalue weighted by Gasteiger charge is 2.16. The van der Waals surface area contributed by atoms with Crippen molar-refractivity contribution in [2.75, 3.05) is 11.1 Å². The molecule has 0 aliphatic carbocycles. The number of hydrogen-bond acceptors (Lipinski definition) is 4. The first-order valence-electron chi connectivity index (χ1n) is 8.03. The first-order chi connectivity index (χ1) is 12.6. The molecule has 0 aliphatic rings. The van der Waals surface area contributed by atoms with Gasteiger partial charge < -0.3 is 15.5 Å². The summed E-state index contributed by atoms with van der Waals surface area (Å²) in [7, 11) is 0. The number of hydrogen-bond donors (Lipinski definition) is 2. The van der Waals surface area contributed by atoms with Crippen molar-refractivity contribution in [2.24, 2.45) is 0 Å². The van der Waals surface area contributed by atoms with Gasteiger partial charge in [-0.1, -0.05) is 41.9 Å². The summed E-state index contributed by atoms with van der Waals surface area (Å²) in [6.07, 6.45) is 2.35. The lowest BCUT2D eigenvalue weighted by Crippen LogP contribution is -1.95. The van der Waals surface area contributed by atoms with Crippen molar-refractivity contribution >= 4 is 39.8 Å². The zero-order valence-corrected chi connectivity index (χ0v) is 14.4. The largest absolute Gasteiger partial charge is 0.437 e. The standard InChI is InChI=1S/C20H15ClFN3O/c21-15-11-13(6-7-16(15)22)25-18-14-8-9-24-17(19(14)26-20(18)23)10-12-4-2-1-3-5-12/h1-9,11,25H,10,23H2. The predicted octanol–water partition coefficient (Wildman–Crippen LogP) is 5.54. The number of fused-ring (bicyclic) bond motifs is 1. The molecule has 0 amide bonds. The van der Waals surface area contributed by atoms with Crippen molar-refractivity contribution in [1.29, 1.82) is 0 Å². The van der Waals surface area contributed by atoms with Gasteiger partial charge in [0.1, 0.15) is 11.5 Å². The molecule has 4 rings (SSSR count). The zero-order valence-electron chi connectivity index (χ0n) is 13.7. The predicted molar refractivity (Wildman–Crippen MR) is 102 cm³/mol. The van der Waals surface area contributed by atoms with E-state index in [0.717, 1.165) is 16.6 Å². The highest BCUT2D eigenvalue weighted by molar-refractivity contribution is 6.31. The summed E-state index contributed by atoms with van der Waals surface area (Å²) in [5, 5.41) is 4.00. The minimum Gasteiger partial charge on any atom is -0.437 e. The van der Waals surface area contributed by atoms with E-state index in [9.17, 15) is 4.39 Å². The molecule has 2 heterocycles. The molecule has 2 aromatic heterocycles. The van der Waals surface area contributed by atoms with Gasteiger partial charge in [-0.15, -0.1) is 0 Å². The summed E-state index contributed by atoms with van der Waals surface area (Å²) < 4.78 is 19.1. The fourth-order valence-corrected chi connectivity index (χ4v) is 3.04. The van der Waals surface area contributed by atoms with E-state index in [0.29, 0.717) is 23.4 Å². The van der Waals surface area contributed by atoms with Crippen LogP contribution < -0.4 is 11.1 Å². The van der Waals surface area contributed by atoms with Crippen LogP contribution >= 0.6 is 11.6 Å². The van der Waals surface area contributed by atoms with Crippen molar-refractivity contribution in [3.05, 3.63) is 82.9 Å². The van der Waals surface area contributed by atoms with E-state index in [1.807, 2.05) is 36.4 Å². The molecule has 0 aliphatic heterocycles. The van der Waals surface area contributed by atoms with Crippen LogP contribution in [0.2, 0.25) is 5.02 Å². The number of nitrogen functional groups attached to an aromatic ring is 1. The average molecular weight is 368 g/mol. The minimum absolute atomic E-state index is 0.0350. The highest BCUT2D eigenvalue weighted by Crippen LogP contribution is 2.37. The van der Waals surface area contributed by atoms with E-state index in [-0.39, 0.29) is 10.9 Å². The van der Waals surface area contributed by atoms with Crippen LogP contribution in [0.15, 0.2) is 65.2 Å². The molecule has 0 unspecified atom stereocenters. The van der Waals surface area contributed by atoms with E-state index in [1.165, 1.54) is 12.1 Å². The second-order valence-corrected chi connectivity index (χ2v) is 6.30. The van der Waals surface area contributed by atoms with Crippen molar-refractivity contribution in [3.63, 3.8) is 0 Å². The Hall–Kier alpha value is -3.05. The molecular weight excluding hydrogens is 353 g/mol. The summed E-state index contributed by atoms with van der Waals surface area (Å²) >= 11 is 5.85. The molecule has 130 valence electrons. The molecule has 4 aromatic rings. The maximum absolute atomic E-state index is 13.4. The summed E-state index contributed by atoms with van der Waals surface area (Å²) in [6, 6.07) is 16.2. The van der Waals surface area contributed by atoms with Gasteiger partial charge in [-0.3, -0.25) is 4.98 Å². The molecule has 6 heteroatoms. The van der Waals surface area contributed by atoms with E-state index >= 15 is 0 Å². The van der Waals surface area contributed by atoms with Gasteiger partial charge in [-0.2, -0.15) is 0 Å². The average Bonchev–Trinajstić information content (AvgIpc) is 2.96. The Bertz CT molecular complexity index is 1080. The third-order valence-electron chi connectivity index (χ3n) is 4.11. The van der Waals surface area contributed by atoms with Crippen molar-refractivity contribution in [1.82, 2.24) is 4.98 Å². The van der Waals surface area contributed by atoms with E-state index < -0.39 is 5.82 Å². The quantitative estimate of drug-likeness (QED) is 0.497. The Labute approximate surface area is 154 Å².